The summed E-state index contributed by atoms with van der Waals surface area (Å²) in [4.78, 5) is 24.6. The molecule has 0 amide bonds. The molecular weight excluding hydrogens is 420 g/mol. The van der Waals surface area contributed by atoms with Gasteiger partial charge in [0.05, 0.1) is 24.8 Å². The lowest BCUT2D eigenvalue weighted by atomic mass is 10.2. The molecule has 0 atom stereocenters. The second-order valence-electron chi connectivity index (χ2n) is 7.41. The number of ether oxygens (including phenoxy) is 4. The van der Waals surface area contributed by atoms with Crippen LogP contribution in [0.15, 0.2) is 72.8 Å². The van der Waals surface area contributed by atoms with Gasteiger partial charge in [-0.1, -0.05) is 26.2 Å². The molecule has 6 nitrogen and oxygen atoms in total. The maximum atomic E-state index is 12.4. The summed E-state index contributed by atoms with van der Waals surface area (Å²) in [6.07, 6.45) is 4.57. The van der Waals surface area contributed by atoms with Crippen molar-refractivity contribution in [1.29, 1.82) is 0 Å². The standard InChI is InChI=1S/C27H28O6/c1-3-4-5-6-19-31-23-13-9-21(10-14-23)27(29)33-25-17-15-24(16-18-25)32-26(28)20-7-11-22(30-2)12-8-20/h7-18H,3-6,19H2,1-2H3. The van der Waals surface area contributed by atoms with Crippen molar-refractivity contribution in [2.45, 2.75) is 32.6 Å². The predicted octanol–water partition coefficient (Wildman–Crippen LogP) is 6.09. The third-order valence-corrected chi connectivity index (χ3v) is 4.93. The first-order valence-electron chi connectivity index (χ1n) is 11.0. The number of unbranched alkanes of at least 4 members (excludes halogenated alkanes) is 3. The summed E-state index contributed by atoms with van der Waals surface area (Å²) in [5, 5.41) is 0. The number of rotatable bonds is 11. The van der Waals surface area contributed by atoms with Crippen molar-refractivity contribution in [3.8, 4) is 23.0 Å². The van der Waals surface area contributed by atoms with Gasteiger partial charge in [-0.2, -0.15) is 0 Å². The summed E-state index contributed by atoms with van der Waals surface area (Å²) >= 11 is 0. The number of esters is 2. The molecule has 172 valence electrons. The molecule has 0 aliphatic carbocycles. The van der Waals surface area contributed by atoms with Crippen LogP contribution in [0.25, 0.3) is 0 Å². The van der Waals surface area contributed by atoms with E-state index in [-0.39, 0.29) is 0 Å². The van der Waals surface area contributed by atoms with Gasteiger partial charge >= 0.3 is 11.9 Å². The zero-order valence-corrected chi connectivity index (χ0v) is 18.9. The van der Waals surface area contributed by atoms with Crippen molar-refractivity contribution in [2.75, 3.05) is 13.7 Å². The van der Waals surface area contributed by atoms with E-state index in [0.29, 0.717) is 35.0 Å². The molecule has 3 rings (SSSR count). The molecule has 0 aromatic heterocycles. The third kappa shape index (κ3) is 7.38. The quantitative estimate of drug-likeness (QED) is 0.201. The van der Waals surface area contributed by atoms with Gasteiger partial charge in [-0.25, -0.2) is 9.59 Å². The third-order valence-electron chi connectivity index (χ3n) is 4.93. The van der Waals surface area contributed by atoms with Gasteiger partial charge in [-0.15, -0.1) is 0 Å². The van der Waals surface area contributed by atoms with Gasteiger partial charge in [0.2, 0.25) is 0 Å². The van der Waals surface area contributed by atoms with Crippen LogP contribution in [-0.4, -0.2) is 25.7 Å². The van der Waals surface area contributed by atoms with Crippen LogP contribution in [-0.2, 0) is 0 Å². The van der Waals surface area contributed by atoms with Crippen LogP contribution in [0.1, 0.15) is 53.3 Å². The van der Waals surface area contributed by atoms with E-state index in [1.54, 1.807) is 79.9 Å². The molecule has 33 heavy (non-hydrogen) atoms. The summed E-state index contributed by atoms with van der Waals surface area (Å²) in [7, 11) is 1.56. The Bertz CT molecular complexity index is 1020. The molecule has 0 saturated carbocycles. The molecule has 0 fully saturated rings. The topological polar surface area (TPSA) is 71.1 Å². The molecular formula is C27H28O6. The van der Waals surface area contributed by atoms with E-state index in [1.807, 2.05) is 0 Å². The average Bonchev–Trinajstić information content (AvgIpc) is 2.85. The Hall–Kier alpha value is -3.80. The van der Waals surface area contributed by atoms with Crippen molar-refractivity contribution in [3.63, 3.8) is 0 Å². The van der Waals surface area contributed by atoms with Gasteiger partial charge in [0, 0.05) is 0 Å². The summed E-state index contributed by atoms with van der Waals surface area (Å²) in [5.41, 5.74) is 0.822. The van der Waals surface area contributed by atoms with Crippen molar-refractivity contribution in [3.05, 3.63) is 83.9 Å². The molecule has 0 radical (unpaired) electrons. The van der Waals surface area contributed by atoms with Crippen LogP contribution in [0.4, 0.5) is 0 Å². The minimum atomic E-state index is -0.491. The van der Waals surface area contributed by atoms with Gasteiger partial charge in [0.15, 0.2) is 0 Å². The minimum absolute atomic E-state index is 0.344. The monoisotopic (exact) mass is 448 g/mol. The first kappa shape index (κ1) is 23.9. The van der Waals surface area contributed by atoms with Crippen LogP contribution in [0.2, 0.25) is 0 Å². The van der Waals surface area contributed by atoms with E-state index in [1.165, 1.54) is 12.8 Å². The number of methoxy groups -OCH3 is 1. The predicted molar refractivity (Wildman–Crippen MR) is 125 cm³/mol. The molecule has 6 heteroatoms. The second-order valence-corrected chi connectivity index (χ2v) is 7.41. The van der Waals surface area contributed by atoms with Gasteiger partial charge in [-0.3, -0.25) is 0 Å². The maximum absolute atomic E-state index is 12.4. The Morgan fingerprint density at radius 2 is 1.06 bits per heavy atom. The van der Waals surface area contributed by atoms with Crippen LogP contribution in [0.3, 0.4) is 0 Å². The summed E-state index contributed by atoms with van der Waals surface area (Å²) in [5.74, 6) is 1.10. The van der Waals surface area contributed by atoms with Crippen molar-refractivity contribution >= 4 is 11.9 Å². The van der Waals surface area contributed by atoms with E-state index in [0.717, 1.165) is 18.6 Å². The Morgan fingerprint density at radius 1 is 0.606 bits per heavy atom. The zero-order chi connectivity index (χ0) is 23.5. The Labute approximate surface area is 194 Å². The highest BCUT2D eigenvalue weighted by Gasteiger charge is 2.11. The number of carbonyl (C=O) groups excluding carboxylic acids is 2. The van der Waals surface area contributed by atoms with Crippen LogP contribution in [0, 0.1) is 0 Å². The smallest absolute Gasteiger partial charge is 0.343 e. The lowest BCUT2D eigenvalue weighted by Crippen LogP contribution is -2.09. The van der Waals surface area contributed by atoms with E-state index < -0.39 is 11.9 Å². The highest BCUT2D eigenvalue weighted by atomic mass is 16.5. The summed E-state index contributed by atoms with van der Waals surface area (Å²) < 4.78 is 21.5. The first-order chi connectivity index (χ1) is 16.1. The number of carbonyl (C=O) groups is 2. The Morgan fingerprint density at radius 3 is 1.52 bits per heavy atom. The molecule has 0 aliphatic rings. The number of benzene rings is 3. The van der Waals surface area contributed by atoms with Crippen molar-refractivity contribution in [2.24, 2.45) is 0 Å². The van der Waals surface area contributed by atoms with E-state index in [2.05, 4.69) is 6.92 Å². The second kappa shape index (κ2) is 12.3. The highest BCUT2D eigenvalue weighted by Crippen LogP contribution is 2.21. The minimum Gasteiger partial charge on any atom is -0.497 e. The summed E-state index contributed by atoms with van der Waals surface area (Å²) in [6.45, 7) is 2.84. The fraction of sp³-hybridized carbons (Fsp3) is 0.259. The lowest BCUT2D eigenvalue weighted by Gasteiger charge is -2.08. The normalized spacial score (nSPS) is 10.4. The molecule has 0 bridgehead atoms. The largest absolute Gasteiger partial charge is 0.497 e. The van der Waals surface area contributed by atoms with Crippen molar-refractivity contribution in [1.82, 2.24) is 0 Å². The molecule has 3 aromatic rings. The van der Waals surface area contributed by atoms with Crippen LogP contribution >= 0.6 is 0 Å². The van der Waals surface area contributed by atoms with Gasteiger partial charge in [0.25, 0.3) is 0 Å². The first-order valence-corrected chi connectivity index (χ1v) is 11.0. The molecule has 0 aliphatic heterocycles. The zero-order valence-electron chi connectivity index (χ0n) is 18.9. The van der Waals surface area contributed by atoms with Crippen molar-refractivity contribution < 1.29 is 28.5 Å². The van der Waals surface area contributed by atoms with E-state index in [4.69, 9.17) is 18.9 Å². The summed E-state index contributed by atoms with van der Waals surface area (Å²) in [6, 6.07) is 19.8. The van der Waals surface area contributed by atoms with Gasteiger partial charge in [-0.05, 0) is 79.2 Å². The molecule has 0 N–H and O–H groups in total. The molecule has 0 saturated heterocycles. The molecule has 3 aromatic carbocycles. The van der Waals surface area contributed by atoms with Gasteiger partial charge < -0.3 is 18.9 Å². The SMILES string of the molecule is CCCCCCOc1ccc(C(=O)Oc2ccc(OC(=O)c3ccc(OC)cc3)cc2)cc1. The van der Waals surface area contributed by atoms with Crippen LogP contribution < -0.4 is 18.9 Å². The molecule has 0 spiro atoms. The number of hydrogen-bond acceptors (Lipinski definition) is 6. The van der Waals surface area contributed by atoms with E-state index >= 15 is 0 Å². The lowest BCUT2D eigenvalue weighted by molar-refractivity contribution is 0.0719. The maximum Gasteiger partial charge on any atom is 0.343 e. The average molecular weight is 449 g/mol. The Kier molecular flexibility index (Phi) is 8.88. The fourth-order valence-corrected chi connectivity index (χ4v) is 3.04. The Balaban J connectivity index is 1.49. The fourth-order valence-electron chi connectivity index (χ4n) is 3.04. The molecule has 0 heterocycles. The van der Waals surface area contributed by atoms with E-state index in [9.17, 15) is 9.59 Å². The van der Waals surface area contributed by atoms with Gasteiger partial charge in [0.1, 0.15) is 23.0 Å². The molecule has 0 unspecified atom stereocenters. The highest BCUT2D eigenvalue weighted by molar-refractivity contribution is 5.92. The van der Waals surface area contributed by atoms with Crippen LogP contribution in [0.5, 0.6) is 23.0 Å². The number of hydrogen-bond donors (Lipinski definition) is 0.